The van der Waals surface area contributed by atoms with Gasteiger partial charge in [-0.1, -0.05) is 61.9 Å². The third-order valence-electron chi connectivity index (χ3n) is 3.57. The lowest BCUT2D eigenvalue weighted by molar-refractivity contribution is 0.466. The molecule has 0 saturated heterocycles. The fraction of sp³-hybridized carbons (Fsp3) is 0.647. The van der Waals surface area contributed by atoms with Crippen molar-refractivity contribution in [3.8, 4) is 0 Å². The standard InChI is InChI=1S/C17H27BrIN/c1-3-5-6-7-8-9-17(20-12-4-2)15-13-14(19)10-11-16(15)18/h10-11,13,17,20H,3-9,12H2,1-2H3. The first kappa shape index (κ1) is 18.4. The maximum Gasteiger partial charge on any atom is 0.0331 e. The van der Waals surface area contributed by atoms with Crippen molar-refractivity contribution in [2.75, 3.05) is 6.54 Å². The van der Waals surface area contributed by atoms with Crippen LogP contribution in [0, 0.1) is 3.57 Å². The molecule has 0 heterocycles. The number of halogens is 2. The fourth-order valence-corrected chi connectivity index (χ4v) is 3.46. The van der Waals surface area contributed by atoms with E-state index in [1.54, 1.807) is 0 Å². The van der Waals surface area contributed by atoms with Gasteiger partial charge in [-0.05, 0) is 65.7 Å². The second-order valence-corrected chi connectivity index (χ2v) is 7.48. The molecule has 0 aliphatic rings. The van der Waals surface area contributed by atoms with Crippen LogP contribution in [0.25, 0.3) is 0 Å². The zero-order chi connectivity index (χ0) is 14.8. The topological polar surface area (TPSA) is 12.0 Å². The highest BCUT2D eigenvalue weighted by Crippen LogP contribution is 2.29. The van der Waals surface area contributed by atoms with Crippen LogP contribution in [0.1, 0.15) is 70.4 Å². The first-order valence-corrected chi connectivity index (χ1v) is 9.74. The minimum atomic E-state index is 0.487. The predicted molar refractivity (Wildman–Crippen MR) is 101 cm³/mol. The molecule has 0 fully saturated rings. The Kier molecular flexibility index (Phi) is 10.2. The van der Waals surface area contributed by atoms with Gasteiger partial charge in [-0.2, -0.15) is 0 Å². The molecule has 1 N–H and O–H groups in total. The summed E-state index contributed by atoms with van der Waals surface area (Å²) in [5.74, 6) is 0. The zero-order valence-electron chi connectivity index (χ0n) is 12.7. The van der Waals surface area contributed by atoms with E-state index in [4.69, 9.17) is 0 Å². The molecule has 1 aromatic rings. The molecule has 1 aromatic carbocycles. The summed E-state index contributed by atoms with van der Waals surface area (Å²) in [6.07, 6.45) is 9.18. The van der Waals surface area contributed by atoms with Crippen molar-refractivity contribution in [2.24, 2.45) is 0 Å². The summed E-state index contributed by atoms with van der Waals surface area (Å²) in [6.45, 7) is 5.60. The SMILES string of the molecule is CCCCCCCC(NCCC)c1cc(I)ccc1Br. The van der Waals surface area contributed by atoms with Crippen LogP contribution >= 0.6 is 38.5 Å². The molecule has 0 radical (unpaired) electrons. The average Bonchev–Trinajstić information content (AvgIpc) is 2.45. The van der Waals surface area contributed by atoms with Gasteiger partial charge in [-0.15, -0.1) is 0 Å². The summed E-state index contributed by atoms with van der Waals surface area (Å²) >= 11 is 6.11. The Morgan fingerprint density at radius 1 is 1.10 bits per heavy atom. The van der Waals surface area contributed by atoms with E-state index in [1.807, 2.05) is 0 Å². The van der Waals surface area contributed by atoms with Gasteiger partial charge in [0.1, 0.15) is 0 Å². The molecule has 114 valence electrons. The highest BCUT2D eigenvalue weighted by molar-refractivity contribution is 14.1. The second-order valence-electron chi connectivity index (χ2n) is 5.38. The minimum Gasteiger partial charge on any atom is -0.310 e. The lowest BCUT2D eigenvalue weighted by Crippen LogP contribution is -2.22. The summed E-state index contributed by atoms with van der Waals surface area (Å²) in [4.78, 5) is 0. The van der Waals surface area contributed by atoms with E-state index in [9.17, 15) is 0 Å². The Labute approximate surface area is 146 Å². The number of benzene rings is 1. The average molecular weight is 452 g/mol. The van der Waals surface area contributed by atoms with Crippen molar-refractivity contribution in [3.63, 3.8) is 0 Å². The van der Waals surface area contributed by atoms with Gasteiger partial charge in [-0.3, -0.25) is 0 Å². The maximum absolute atomic E-state index is 3.71. The first-order valence-electron chi connectivity index (χ1n) is 7.87. The Hall–Kier alpha value is 0.390. The molecule has 0 aliphatic carbocycles. The summed E-state index contributed by atoms with van der Waals surface area (Å²) in [7, 11) is 0. The Bertz CT molecular complexity index is 381. The van der Waals surface area contributed by atoms with Crippen molar-refractivity contribution in [2.45, 2.75) is 64.8 Å². The Balaban J connectivity index is 2.60. The monoisotopic (exact) mass is 451 g/mol. The summed E-state index contributed by atoms with van der Waals surface area (Å²) in [5.41, 5.74) is 1.42. The van der Waals surface area contributed by atoms with Crippen LogP contribution in [0.3, 0.4) is 0 Å². The van der Waals surface area contributed by atoms with Gasteiger partial charge in [0.2, 0.25) is 0 Å². The van der Waals surface area contributed by atoms with E-state index in [0.717, 1.165) is 6.54 Å². The molecule has 3 heteroatoms. The predicted octanol–water partition coefficient (Wildman–Crippen LogP) is 6.45. The summed E-state index contributed by atoms with van der Waals surface area (Å²) in [6, 6.07) is 7.13. The third kappa shape index (κ3) is 6.90. The van der Waals surface area contributed by atoms with Gasteiger partial charge in [0.05, 0.1) is 0 Å². The van der Waals surface area contributed by atoms with E-state index >= 15 is 0 Å². The molecule has 0 spiro atoms. The zero-order valence-corrected chi connectivity index (χ0v) is 16.5. The quantitative estimate of drug-likeness (QED) is 0.318. The molecular weight excluding hydrogens is 425 g/mol. The number of hydrogen-bond acceptors (Lipinski definition) is 1. The van der Waals surface area contributed by atoms with Gasteiger partial charge < -0.3 is 5.32 Å². The second kappa shape index (κ2) is 11.0. The van der Waals surface area contributed by atoms with Crippen LogP contribution in [0.15, 0.2) is 22.7 Å². The number of hydrogen-bond donors (Lipinski definition) is 1. The molecule has 0 aliphatic heterocycles. The van der Waals surface area contributed by atoms with Crippen molar-refractivity contribution < 1.29 is 0 Å². The Morgan fingerprint density at radius 2 is 1.85 bits per heavy atom. The molecule has 0 amide bonds. The number of nitrogens with one attached hydrogen (secondary N) is 1. The van der Waals surface area contributed by atoms with Crippen LogP contribution in [-0.4, -0.2) is 6.54 Å². The molecule has 1 rings (SSSR count). The van der Waals surface area contributed by atoms with Gasteiger partial charge in [0.15, 0.2) is 0 Å². The number of rotatable bonds is 10. The molecule has 1 atom stereocenters. The van der Waals surface area contributed by atoms with Crippen LogP contribution in [0.4, 0.5) is 0 Å². The highest BCUT2D eigenvalue weighted by atomic mass is 127. The van der Waals surface area contributed by atoms with Gasteiger partial charge in [-0.25, -0.2) is 0 Å². The summed E-state index contributed by atoms with van der Waals surface area (Å²) < 4.78 is 2.55. The Morgan fingerprint density at radius 3 is 2.55 bits per heavy atom. The van der Waals surface area contributed by atoms with Crippen LogP contribution in [0.2, 0.25) is 0 Å². The van der Waals surface area contributed by atoms with Gasteiger partial charge in [0.25, 0.3) is 0 Å². The van der Waals surface area contributed by atoms with E-state index in [1.165, 1.54) is 58.6 Å². The molecular formula is C17H27BrIN. The molecule has 1 unspecified atom stereocenters. The van der Waals surface area contributed by atoms with Crippen LogP contribution in [0.5, 0.6) is 0 Å². The third-order valence-corrected chi connectivity index (χ3v) is 4.96. The number of unbranched alkanes of at least 4 members (excludes halogenated alkanes) is 4. The van der Waals surface area contributed by atoms with E-state index < -0.39 is 0 Å². The lowest BCUT2D eigenvalue weighted by atomic mass is 9.99. The van der Waals surface area contributed by atoms with Crippen molar-refractivity contribution >= 4 is 38.5 Å². The molecule has 20 heavy (non-hydrogen) atoms. The van der Waals surface area contributed by atoms with Crippen LogP contribution in [-0.2, 0) is 0 Å². The van der Waals surface area contributed by atoms with Gasteiger partial charge >= 0.3 is 0 Å². The molecule has 1 nitrogen and oxygen atoms in total. The van der Waals surface area contributed by atoms with E-state index in [-0.39, 0.29) is 0 Å². The summed E-state index contributed by atoms with van der Waals surface area (Å²) in [5, 5.41) is 3.71. The molecule has 0 bridgehead atoms. The highest BCUT2D eigenvalue weighted by Gasteiger charge is 2.13. The molecule has 0 aromatic heterocycles. The van der Waals surface area contributed by atoms with E-state index in [2.05, 4.69) is 75.9 Å². The minimum absolute atomic E-state index is 0.487. The first-order chi connectivity index (χ1) is 9.69. The maximum atomic E-state index is 3.71. The van der Waals surface area contributed by atoms with Crippen molar-refractivity contribution in [1.29, 1.82) is 0 Å². The van der Waals surface area contributed by atoms with Crippen molar-refractivity contribution in [1.82, 2.24) is 5.32 Å². The lowest BCUT2D eigenvalue weighted by Gasteiger charge is -2.20. The largest absolute Gasteiger partial charge is 0.310 e. The van der Waals surface area contributed by atoms with E-state index in [0.29, 0.717) is 6.04 Å². The normalized spacial score (nSPS) is 12.6. The van der Waals surface area contributed by atoms with Crippen LogP contribution < -0.4 is 5.32 Å². The smallest absolute Gasteiger partial charge is 0.0331 e. The molecule has 0 saturated carbocycles. The van der Waals surface area contributed by atoms with Gasteiger partial charge in [0, 0.05) is 14.1 Å². The fourth-order valence-electron chi connectivity index (χ4n) is 2.42. The van der Waals surface area contributed by atoms with Crippen molar-refractivity contribution in [3.05, 3.63) is 31.8 Å².